The second-order valence-electron chi connectivity index (χ2n) is 9.05. The zero-order valence-corrected chi connectivity index (χ0v) is 19.3. The molecule has 1 atom stereocenters. The number of carboxylic acids is 1. The standard InChI is InChI=1S/C28H26N2O5/c1-30(28(15-16-28)26(32)33)25(31)24(18-9-3-2-4-10-18)29-27(34)35-17-23-21-13-7-5-11-19(21)20-12-6-8-14-22(20)23/h2-14,23-24H,15-17H2,1H3,(H,29,34)(H,32,33). The number of alkyl carbamates (subject to hydrolysis) is 1. The molecule has 1 saturated carbocycles. The van der Waals surface area contributed by atoms with E-state index in [9.17, 15) is 19.5 Å². The Balaban J connectivity index is 1.33. The quantitative estimate of drug-likeness (QED) is 0.536. The van der Waals surface area contributed by atoms with Gasteiger partial charge in [0.15, 0.2) is 0 Å². The maximum atomic E-state index is 13.4. The molecule has 3 aromatic rings. The third-order valence-corrected chi connectivity index (χ3v) is 7.08. The number of fused-ring (bicyclic) bond motifs is 3. The SMILES string of the molecule is CN(C(=O)C(NC(=O)OCC1c2ccccc2-c2ccccc21)c1ccccc1)C1(C(=O)O)CC1. The van der Waals surface area contributed by atoms with Gasteiger partial charge in [0.1, 0.15) is 18.2 Å². The normalized spacial score (nSPS) is 15.9. The summed E-state index contributed by atoms with van der Waals surface area (Å²) in [6.45, 7) is 0.116. The van der Waals surface area contributed by atoms with Crippen molar-refractivity contribution >= 4 is 18.0 Å². The summed E-state index contributed by atoms with van der Waals surface area (Å²) in [4.78, 5) is 39.3. The maximum Gasteiger partial charge on any atom is 0.408 e. The molecule has 7 heteroatoms. The van der Waals surface area contributed by atoms with Crippen LogP contribution >= 0.6 is 0 Å². The number of likely N-dealkylation sites (N-methyl/N-ethyl adjacent to an activating group) is 1. The molecule has 2 aliphatic rings. The second-order valence-corrected chi connectivity index (χ2v) is 9.05. The van der Waals surface area contributed by atoms with E-state index >= 15 is 0 Å². The van der Waals surface area contributed by atoms with E-state index < -0.39 is 29.6 Å². The number of carboxylic acid groups (broad SMARTS) is 1. The van der Waals surface area contributed by atoms with Gasteiger partial charge < -0.3 is 20.1 Å². The number of nitrogens with zero attached hydrogens (tertiary/aromatic N) is 1. The zero-order chi connectivity index (χ0) is 24.6. The average molecular weight is 471 g/mol. The Labute approximate surface area is 203 Å². The fourth-order valence-corrected chi connectivity index (χ4v) is 4.91. The molecule has 178 valence electrons. The van der Waals surface area contributed by atoms with Gasteiger partial charge in [-0.25, -0.2) is 9.59 Å². The smallest absolute Gasteiger partial charge is 0.408 e. The molecule has 0 radical (unpaired) electrons. The van der Waals surface area contributed by atoms with Crippen molar-refractivity contribution in [3.05, 3.63) is 95.6 Å². The number of benzene rings is 3. The van der Waals surface area contributed by atoms with Crippen molar-refractivity contribution in [1.29, 1.82) is 0 Å². The van der Waals surface area contributed by atoms with Crippen LogP contribution in [0.2, 0.25) is 0 Å². The summed E-state index contributed by atoms with van der Waals surface area (Å²) in [5.41, 5.74) is 3.77. The number of hydrogen-bond acceptors (Lipinski definition) is 4. The molecule has 2 N–H and O–H groups in total. The van der Waals surface area contributed by atoms with Crippen LogP contribution in [0.4, 0.5) is 4.79 Å². The fraction of sp³-hybridized carbons (Fsp3) is 0.250. The molecule has 3 aromatic carbocycles. The number of nitrogens with one attached hydrogen (secondary N) is 1. The predicted molar refractivity (Wildman–Crippen MR) is 130 cm³/mol. The molecule has 2 amide bonds. The van der Waals surface area contributed by atoms with Gasteiger partial charge in [0.2, 0.25) is 0 Å². The van der Waals surface area contributed by atoms with Gasteiger partial charge in [-0.05, 0) is 40.7 Å². The molecule has 0 spiro atoms. The monoisotopic (exact) mass is 470 g/mol. The maximum absolute atomic E-state index is 13.4. The van der Waals surface area contributed by atoms with Crippen molar-refractivity contribution in [3.8, 4) is 11.1 Å². The summed E-state index contributed by atoms with van der Waals surface area (Å²) in [5.74, 6) is -1.64. The van der Waals surface area contributed by atoms with Crippen LogP contribution in [0.3, 0.4) is 0 Å². The van der Waals surface area contributed by atoms with Crippen LogP contribution in [0.5, 0.6) is 0 Å². The molecular formula is C28H26N2O5. The van der Waals surface area contributed by atoms with Crippen molar-refractivity contribution in [3.63, 3.8) is 0 Å². The highest BCUT2D eigenvalue weighted by molar-refractivity contribution is 5.93. The number of hydrogen-bond donors (Lipinski definition) is 2. The predicted octanol–water partition coefficient (Wildman–Crippen LogP) is 4.34. The molecule has 2 aliphatic carbocycles. The molecule has 0 aliphatic heterocycles. The van der Waals surface area contributed by atoms with Crippen LogP contribution < -0.4 is 5.32 Å². The molecular weight excluding hydrogens is 444 g/mol. The molecule has 35 heavy (non-hydrogen) atoms. The highest BCUT2D eigenvalue weighted by Gasteiger charge is 2.56. The van der Waals surface area contributed by atoms with Gasteiger partial charge >= 0.3 is 12.1 Å². The Morgan fingerprint density at radius 1 is 0.943 bits per heavy atom. The lowest BCUT2D eigenvalue weighted by Crippen LogP contribution is -2.50. The first-order chi connectivity index (χ1) is 16.9. The van der Waals surface area contributed by atoms with Gasteiger partial charge in [0, 0.05) is 13.0 Å². The first-order valence-corrected chi connectivity index (χ1v) is 11.6. The van der Waals surface area contributed by atoms with Crippen LogP contribution in [0.25, 0.3) is 11.1 Å². The van der Waals surface area contributed by atoms with Crippen molar-refractivity contribution in [1.82, 2.24) is 10.2 Å². The number of rotatable bonds is 7. The fourth-order valence-electron chi connectivity index (χ4n) is 4.91. The lowest BCUT2D eigenvalue weighted by molar-refractivity contribution is -0.151. The van der Waals surface area contributed by atoms with Crippen LogP contribution in [0.15, 0.2) is 78.9 Å². The molecule has 0 bridgehead atoms. The summed E-state index contributed by atoms with van der Waals surface area (Å²) in [5, 5.41) is 12.3. The van der Waals surface area contributed by atoms with Gasteiger partial charge in [-0.2, -0.15) is 0 Å². The average Bonchev–Trinajstić information content (AvgIpc) is 3.64. The largest absolute Gasteiger partial charge is 0.479 e. The van der Waals surface area contributed by atoms with E-state index in [4.69, 9.17) is 4.74 Å². The highest BCUT2D eigenvalue weighted by Crippen LogP contribution is 2.45. The first-order valence-electron chi connectivity index (χ1n) is 11.6. The van der Waals surface area contributed by atoms with Crippen LogP contribution in [-0.4, -0.2) is 47.2 Å². The molecule has 5 rings (SSSR count). The van der Waals surface area contributed by atoms with Crippen LogP contribution in [0.1, 0.15) is 41.5 Å². The van der Waals surface area contributed by atoms with Crippen molar-refractivity contribution in [2.75, 3.05) is 13.7 Å². The van der Waals surface area contributed by atoms with E-state index in [-0.39, 0.29) is 12.5 Å². The Bertz CT molecular complexity index is 1240. The van der Waals surface area contributed by atoms with Crippen molar-refractivity contribution in [2.24, 2.45) is 0 Å². The van der Waals surface area contributed by atoms with Crippen LogP contribution in [-0.2, 0) is 14.3 Å². The minimum Gasteiger partial charge on any atom is -0.479 e. The minimum absolute atomic E-state index is 0.108. The van der Waals surface area contributed by atoms with E-state index in [1.807, 2.05) is 42.5 Å². The van der Waals surface area contributed by atoms with E-state index in [0.717, 1.165) is 22.3 Å². The van der Waals surface area contributed by atoms with Crippen molar-refractivity contribution < 1.29 is 24.2 Å². The minimum atomic E-state index is -1.22. The number of carbonyl (C=O) groups is 3. The topological polar surface area (TPSA) is 95.9 Å². The molecule has 1 unspecified atom stereocenters. The third kappa shape index (κ3) is 4.03. The highest BCUT2D eigenvalue weighted by atomic mass is 16.5. The summed E-state index contributed by atoms with van der Waals surface area (Å²) < 4.78 is 5.63. The van der Waals surface area contributed by atoms with E-state index in [2.05, 4.69) is 17.4 Å². The Kier molecular flexibility index (Phi) is 5.76. The first kappa shape index (κ1) is 22.7. The van der Waals surface area contributed by atoms with Gasteiger partial charge in [0.25, 0.3) is 5.91 Å². The molecule has 7 nitrogen and oxygen atoms in total. The van der Waals surface area contributed by atoms with E-state index in [0.29, 0.717) is 18.4 Å². The Morgan fingerprint density at radius 3 is 2.03 bits per heavy atom. The zero-order valence-electron chi connectivity index (χ0n) is 19.3. The Hall–Kier alpha value is -4.13. The van der Waals surface area contributed by atoms with Gasteiger partial charge in [-0.1, -0.05) is 78.9 Å². The number of ether oxygens (including phenoxy) is 1. The van der Waals surface area contributed by atoms with E-state index in [1.54, 1.807) is 24.3 Å². The summed E-state index contributed by atoms with van der Waals surface area (Å²) in [6, 6.07) is 23.8. The van der Waals surface area contributed by atoms with Gasteiger partial charge in [-0.3, -0.25) is 4.79 Å². The van der Waals surface area contributed by atoms with Crippen molar-refractivity contribution in [2.45, 2.75) is 30.3 Å². The lowest BCUT2D eigenvalue weighted by atomic mass is 9.98. The Morgan fingerprint density at radius 2 is 1.49 bits per heavy atom. The number of carbonyl (C=O) groups excluding carboxylic acids is 2. The summed E-state index contributed by atoms with van der Waals surface area (Å²) >= 11 is 0. The lowest BCUT2D eigenvalue weighted by Gasteiger charge is -2.29. The van der Waals surface area contributed by atoms with Crippen LogP contribution in [0, 0.1) is 0 Å². The molecule has 0 saturated heterocycles. The number of aliphatic carboxylic acids is 1. The molecule has 0 heterocycles. The molecule has 1 fully saturated rings. The molecule has 0 aromatic heterocycles. The van der Waals surface area contributed by atoms with Gasteiger partial charge in [0.05, 0.1) is 0 Å². The van der Waals surface area contributed by atoms with E-state index in [1.165, 1.54) is 11.9 Å². The third-order valence-electron chi connectivity index (χ3n) is 7.08. The summed E-state index contributed by atoms with van der Waals surface area (Å²) in [6.07, 6.45) is 0.0382. The number of amides is 2. The second kappa shape index (κ2) is 8.91. The van der Waals surface area contributed by atoms with Gasteiger partial charge in [-0.15, -0.1) is 0 Å². The summed E-state index contributed by atoms with van der Waals surface area (Å²) in [7, 11) is 1.47.